The molecule has 26 heavy (non-hydrogen) atoms. The third kappa shape index (κ3) is 4.10. The Kier molecular flexibility index (Phi) is 6.84. The Morgan fingerprint density at radius 3 is 2.69 bits per heavy atom. The van der Waals surface area contributed by atoms with Crippen molar-refractivity contribution in [2.24, 2.45) is 5.92 Å². The van der Waals surface area contributed by atoms with E-state index in [1.807, 2.05) is 35.7 Å². The van der Waals surface area contributed by atoms with E-state index in [-0.39, 0.29) is 24.2 Å². The summed E-state index contributed by atoms with van der Waals surface area (Å²) in [7, 11) is 1.90. The predicted molar refractivity (Wildman–Crippen MR) is 107 cm³/mol. The Morgan fingerprint density at radius 1 is 1.31 bits per heavy atom. The molecule has 1 amide bonds. The number of piperidine rings is 1. The van der Waals surface area contributed by atoms with Crippen molar-refractivity contribution in [2.75, 3.05) is 20.1 Å². The number of hydrogen-bond donors (Lipinski definition) is 1. The number of amides is 1. The highest BCUT2D eigenvalue weighted by atomic mass is 35.5. The normalized spacial score (nSPS) is 16.8. The molecule has 6 heteroatoms. The molecule has 142 valence electrons. The van der Waals surface area contributed by atoms with Gasteiger partial charge in [-0.25, -0.2) is 4.68 Å². The zero-order chi connectivity index (χ0) is 18.0. The van der Waals surface area contributed by atoms with E-state index in [0.29, 0.717) is 6.54 Å². The predicted octanol–water partition coefficient (Wildman–Crippen LogP) is 3.18. The fourth-order valence-electron chi connectivity index (χ4n) is 3.63. The molecular weight excluding hydrogens is 348 g/mol. The van der Waals surface area contributed by atoms with Crippen LogP contribution in [-0.4, -0.2) is 40.7 Å². The van der Waals surface area contributed by atoms with Gasteiger partial charge in [0.25, 0.3) is 0 Å². The van der Waals surface area contributed by atoms with Gasteiger partial charge < -0.3 is 10.2 Å². The van der Waals surface area contributed by atoms with Crippen molar-refractivity contribution >= 4 is 18.3 Å². The van der Waals surface area contributed by atoms with Gasteiger partial charge in [0.05, 0.1) is 17.3 Å². The van der Waals surface area contributed by atoms with Gasteiger partial charge in [0, 0.05) is 31.4 Å². The van der Waals surface area contributed by atoms with Crippen molar-refractivity contribution in [1.29, 1.82) is 0 Å². The van der Waals surface area contributed by atoms with Crippen LogP contribution in [0.3, 0.4) is 0 Å². The summed E-state index contributed by atoms with van der Waals surface area (Å²) in [6.07, 6.45) is 2.06. The molecule has 1 fully saturated rings. The van der Waals surface area contributed by atoms with Crippen molar-refractivity contribution in [1.82, 2.24) is 20.0 Å². The van der Waals surface area contributed by atoms with E-state index in [1.54, 1.807) is 0 Å². The Bertz CT molecular complexity index is 765. The van der Waals surface area contributed by atoms with E-state index in [1.165, 1.54) is 5.56 Å². The second-order valence-corrected chi connectivity index (χ2v) is 7.09. The quantitative estimate of drug-likeness (QED) is 0.891. The fraction of sp³-hybridized carbons (Fsp3) is 0.500. The minimum atomic E-state index is 0. The van der Waals surface area contributed by atoms with Gasteiger partial charge in [0.2, 0.25) is 5.91 Å². The van der Waals surface area contributed by atoms with Crippen LogP contribution in [0.15, 0.2) is 24.3 Å². The minimum Gasteiger partial charge on any atom is -0.341 e. The number of benzene rings is 1. The van der Waals surface area contributed by atoms with Crippen LogP contribution < -0.4 is 5.32 Å². The van der Waals surface area contributed by atoms with Gasteiger partial charge in [0.1, 0.15) is 0 Å². The Morgan fingerprint density at radius 2 is 2.04 bits per heavy atom. The molecule has 1 N–H and O–H groups in total. The molecule has 5 nitrogen and oxygen atoms in total. The van der Waals surface area contributed by atoms with Crippen molar-refractivity contribution < 1.29 is 4.79 Å². The number of carbonyl (C=O) groups excluding carboxylic acids is 1. The third-order valence-electron chi connectivity index (χ3n) is 5.20. The van der Waals surface area contributed by atoms with Crippen molar-refractivity contribution in [3.05, 3.63) is 46.8 Å². The summed E-state index contributed by atoms with van der Waals surface area (Å²) >= 11 is 0. The molecule has 0 aliphatic carbocycles. The average molecular weight is 377 g/mol. The molecule has 0 radical (unpaired) electrons. The average Bonchev–Trinajstić information content (AvgIpc) is 2.90. The second kappa shape index (κ2) is 8.69. The van der Waals surface area contributed by atoms with Crippen molar-refractivity contribution in [3.63, 3.8) is 0 Å². The Balaban J connectivity index is 0.00000243. The number of hydrogen-bond acceptors (Lipinski definition) is 3. The lowest BCUT2D eigenvalue weighted by atomic mass is 9.98. The topological polar surface area (TPSA) is 50.2 Å². The van der Waals surface area contributed by atoms with Gasteiger partial charge in [-0.3, -0.25) is 4.79 Å². The number of aromatic nitrogens is 2. The number of nitrogens with zero attached hydrogens (tertiary/aromatic N) is 3. The summed E-state index contributed by atoms with van der Waals surface area (Å²) in [5, 5.41) is 8.06. The summed E-state index contributed by atoms with van der Waals surface area (Å²) < 4.78 is 2.00. The van der Waals surface area contributed by atoms with Crippen molar-refractivity contribution in [2.45, 2.75) is 40.2 Å². The molecule has 0 bridgehead atoms. The van der Waals surface area contributed by atoms with Gasteiger partial charge >= 0.3 is 0 Å². The molecule has 1 aliphatic heterocycles. The van der Waals surface area contributed by atoms with Crippen LogP contribution in [0.25, 0.3) is 5.69 Å². The molecular formula is C20H29ClN4O. The molecule has 1 aliphatic rings. The second-order valence-electron chi connectivity index (χ2n) is 7.09. The highest BCUT2D eigenvalue weighted by Gasteiger charge is 2.25. The van der Waals surface area contributed by atoms with Crippen LogP contribution in [0.1, 0.15) is 35.4 Å². The number of halogens is 1. The van der Waals surface area contributed by atoms with Gasteiger partial charge in [-0.2, -0.15) is 5.10 Å². The van der Waals surface area contributed by atoms with E-state index in [0.717, 1.165) is 48.6 Å². The molecule has 0 spiro atoms. The lowest BCUT2D eigenvalue weighted by molar-refractivity contribution is -0.135. The van der Waals surface area contributed by atoms with Crippen LogP contribution in [0, 0.1) is 26.7 Å². The largest absolute Gasteiger partial charge is 0.341 e. The first-order valence-corrected chi connectivity index (χ1v) is 9.06. The van der Waals surface area contributed by atoms with E-state index >= 15 is 0 Å². The standard InChI is InChI=1S/C20H28N4O.ClH/c1-14-8-5-6-10-19(14)24-16(3)18(15(2)22-24)13-23(4)20(25)17-9-7-11-21-12-17;/h5-6,8,10,17,21H,7,9,11-13H2,1-4H3;1H. The zero-order valence-corrected chi connectivity index (χ0v) is 16.9. The van der Waals surface area contributed by atoms with Crippen LogP contribution in [0.5, 0.6) is 0 Å². The number of nitrogens with one attached hydrogen (secondary N) is 1. The van der Waals surface area contributed by atoms with Gasteiger partial charge in [-0.15, -0.1) is 12.4 Å². The summed E-state index contributed by atoms with van der Waals surface area (Å²) in [4.78, 5) is 14.6. The van der Waals surface area contributed by atoms with Gasteiger partial charge in [0.15, 0.2) is 0 Å². The third-order valence-corrected chi connectivity index (χ3v) is 5.20. The molecule has 0 saturated carbocycles. The van der Waals surface area contributed by atoms with Crippen LogP contribution in [-0.2, 0) is 11.3 Å². The maximum absolute atomic E-state index is 12.7. The van der Waals surface area contributed by atoms with Crippen LogP contribution in [0.2, 0.25) is 0 Å². The number of carbonyl (C=O) groups is 1. The first-order valence-electron chi connectivity index (χ1n) is 9.06. The molecule has 1 unspecified atom stereocenters. The van der Waals surface area contributed by atoms with E-state index in [9.17, 15) is 4.79 Å². The Hall–Kier alpha value is -1.85. The first-order chi connectivity index (χ1) is 12.0. The zero-order valence-electron chi connectivity index (χ0n) is 16.1. The monoisotopic (exact) mass is 376 g/mol. The van der Waals surface area contributed by atoms with Crippen LogP contribution >= 0.6 is 12.4 Å². The summed E-state index contributed by atoms with van der Waals surface area (Å²) in [5.41, 5.74) is 5.52. The fourth-order valence-corrected chi connectivity index (χ4v) is 3.63. The van der Waals surface area contributed by atoms with E-state index in [2.05, 4.69) is 31.3 Å². The molecule has 1 aromatic heterocycles. The number of rotatable bonds is 4. The maximum atomic E-state index is 12.7. The molecule has 1 saturated heterocycles. The maximum Gasteiger partial charge on any atom is 0.227 e. The highest BCUT2D eigenvalue weighted by molar-refractivity contribution is 5.85. The minimum absolute atomic E-state index is 0. The summed E-state index contributed by atoms with van der Waals surface area (Å²) in [6, 6.07) is 8.25. The van der Waals surface area contributed by atoms with Gasteiger partial charge in [-0.05, 0) is 51.8 Å². The first kappa shape index (κ1) is 20.5. The number of para-hydroxylation sites is 1. The SMILES string of the molecule is Cc1ccccc1-n1nc(C)c(CN(C)C(=O)C2CCCNC2)c1C.Cl. The smallest absolute Gasteiger partial charge is 0.227 e. The molecule has 3 rings (SSSR count). The lowest BCUT2D eigenvalue weighted by Gasteiger charge is -2.27. The highest BCUT2D eigenvalue weighted by Crippen LogP contribution is 2.22. The van der Waals surface area contributed by atoms with Crippen LogP contribution in [0.4, 0.5) is 0 Å². The lowest BCUT2D eigenvalue weighted by Crippen LogP contribution is -2.41. The molecule has 1 atom stereocenters. The Labute approximate surface area is 162 Å². The molecule has 2 heterocycles. The van der Waals surface area contributed by atoms with E-state index < -0.39 is 0 Å². The van der Waals surface area contributed by atoms with E-state index in [4.69, 9.17) is 5.10 Å². The van der Waals surface area contributed by atoms with Crippen molar-refractivity contribution in [3.8, 4) is 5.69 Å². The summed E-state index contributed by atoms with van der Waals surface area (Å²) in [6.45, 7) is 8.63. The molecule has 2 aromatic rings. The molecule has 1 aromatic carbocycles. The summed E-state index contributed by atoms with van der Waals surface area (Å²) in [5.74, 6) is 0.334. The van der Waals surface area contributed by atoms with Gasteiger partial charge in [-0.1, -0.05) is 18.2 Å². The number of aryl methyl sites for hydroxylation is 2.